The molecule has 156 valence electrons. The Kier molecular flexibility index (Phi) is 6.67. The van der Waals surface area contributed by atoms with Crippen molar-refractivity contribution >= 4 is 29.1 Å². The molecule has 1 fully saturated rings. The highest BCUT2D eigenvalue weighted by Crippen LogP contribution is 2.36. The molecule has 0 unspecified atom stereocenters. The summed E-state index contributed by atoms with van der Waals surface area (Å²) in [6.07, 6.45) is 2.85. The molecule has 30 heavy (non-hydrogen) atoms. The summed E-state index contributed by atoms with van der Waals surface area (Å²) in [7, 11) is 0. The third kappa shape index (κ3) is 4.66. The molecular weight excluding hydrogens is 410 g/mol. The van der Waals surface area contributed by atoms with Crippen LogP contribution in [0.5, 0.6) is 0 Å². The van der Waals surface area contributed by atoms with Gasteiger partial charge in [0.1, 0.15) is 0 Å². The van der Waals surface area contributed by atoms with Gasteiger partial charge in [-0.15, -0.1) is 11.8 Å². The molecule has 2 aromatic carbocycles. The molecule has 1 saturated heterocycles. The number of pyridine rings is 1. The Bertz CT molecular complexity index is 1000. The van der Waals surface area contributed by atoms with E-state index in [-0.39, 0.29) is 0 Å². The number of anilines is 1. The van der Waals surface area contributed by atoms with Gasteiger partial charge in [-0.25, -0.2) is 4.98 Å². The van der Waals surface area contributed by atoms with Crippen molar-refractivity contribution in [2.45, 2.75) is 43.0 Å². The zero-order chi connectivity index (χ0) is 21.1. The number of nitrogens with zero attached hydrogens (tertiary/aromatic N) is 2. The lowest BCUT2D eigenvalue weighted by Gasteiger charge is -2.23. The van der Waals surface area contributed by atoms with Gasteiger partial charge >= 0.3 is 0 Å². The molecule has 1 atom stereocenters. The fourth-order valence-corrected chi connectivity index (χ4v) is 5.33. The van der Waals surface area contributed by atoms with Gasteiger partial charge in [-0.3, -0.25) is 0 Å². The molecule has 0 radical (unpaired) electrons. The molecule has 0 spiro atoms. The van der Waals surface area contributed by atoms with Crippen molar-refractivity contribution in [2.24, 2.45) is 5.73 Å². The van der Waals surface area contributed by atoms with Gasteiger partial charge in [0.15, 0.2) is 0 Å². The second-order valence-electron chi connectivity index (χ2n) is 8.08. The van der Waals surface area contributed by atoms with Gasteiger partial charge in [0.2, 0.25) is 0 Å². The molecular formula is C25H28ClN3S. The molecule has 4 rings (SSSR count). The van der Waals surface area contributed by atoms with Gasteiger partial charge in [-0.2, -0.15) is 0 Å². The van der Waals surface area contributed by atoms with E-state index >= 15 is 0 Å². The molecule has 0 aliphatic carbocycles. The van der Waals surface area contributed by atoms with Gasteiger partial charge < -0.3 is 10.6 Å². The van der Waals surface area contributed by atoms with E-state index in [1.807, 2.05) is 23.9 Å². The number of nitrogens with two attached hydrogens (primary N) is 1. The number of benzene rings is 2. The molecule has 0 amide bonds. The van der Waals surface area contributed by atoms with E-state index in [2.05, 4.69) is 66.2 Å². The van der Waals surface area contributed by atoms with Crippen LogP contribution in [-0.4, -0.2) is 23.3 Å². The molecule has 1 aliphatic rings. The maximum Gasteiger partial charge on any atom is 0.0964 e. The van der Waals surface area contributed by atoms with Crippen LogP contribution >= 0.6 is 23.4 Å². The van der Waals surface area contributed by atoms with Crippen LogP contribution in [0.15, 0.2) is 65.8 Å². The van der Waals surface area contributed by atoms with Crippen LogP contribution in [0.2, 0.25) is 5.02 Å². The fourth-order valence-electron chi connectivity index (χ4n) is 4.13. The van der Waals surface area contributed by atoms with E-state index in [4.69, 9.17) is 17.3 Å². The van der Waals surface area contributed by atoms with Gasteiger partial charge in [-0.05, 0) is 58.9 Å². The number of rotatable bonds is 6. The molecule has 0 saturated carbocycles. The largest absolute Gasteiger partial charge is 0.370 e. The van der Waals surface area contributed by atoms with Crippen molar-refractivity contribution < 1.29 is 0 Å². The van der Waals surface area contributed by atoms with E-state index < -0.39 is 0 Å². The summed E-state index contributed by atoms with van der Waals surface area (Å²) in [5, 5.41) is 2.23. The summed E-state index contributed by atoms with van der Waals surface area (Å²) in [6.45, 7) is 7.08. The molecule has 3 nitrogen and oxygen atoms in total. The highest BCUT2D eigenvalue weighted by Gasteiger charge is 2.25. The van der Waals surface area contributed by atoms with E-state index in [0.29, 0.717) is 22.7 Å². The van der Waals surface area contributed by atoms with Crippen molar-refractivity contribution in [3.63, 3.8) is 0 Å². The average Bonchev–Trinajstić information content (AvgIpc) is 3.23. The quantitative estimate of drug-likeness (QED) is 0.487. The normalized spacial score (nSPS) is 16.4. The number of hydrogen-bond donors (Lipinski definition) is 1. The lowest BCUT2D eigenvalue weighted by Crippen LogP contribution is -2.22. The summed E-state index contributed by atoms with van der Waals surface area (Å²) in [4.78, 5) is 6.90. The van der Waals surface area contributed by atoms with Crippen LogP contribution < -0.4 is 10.6 Å². The summed E-state index contributed by atoms with van der Waals surface area (Å²) in [6, 6.07) is 19.4. The summed E-state index contributed by atoms with van der Waals surface area (Å²) >= 11 is 7.79. The SMILES string of the molecule is CC(C)c1ccccc1-c1ccc(N2CC[C@H](Sc3ccc(Cl)cn3)C2)c(CN)c1. The Hall–Kier alpha value is -2.01. The monoisotopic (exact) mass is 437 g/mol. The predicted octanol–water partition coefficient (Wildman–Crippen LogP) is 6.36. The topological polar surface area (TPSA) is 42.2 Å². The highest BCUT2D eigenvalue weighted by molar-refractivity contribution is 7.99. The van der Waals surface area contributed by atoms with Crippen molar-refractivity contribution in [3.05, 3.63) is 76.9 Å². The first kappa shape index (κ1) is 21.2. The third-order valence-electron chi connectivity index (χ3n) is 5.67. The van der Waals surface area contributed by atoms with Crippen molar-refractivity contribution in [3.8, 4) is 11.1 Å². The number of hydrogen-bond acceptors (Lipinski definition) is 4. The maximum absolute atomic E-state index is 6.18. The number of thioether (sulfide) groups is 1. The first-order valence-electron chi connectivity index (χ1n) is 10.5. The molecule has 2 N–H and O–H groups in total. The Morgan fingerprint density at radius 3 is 2.73 bits per heavy atom. The molecule has 1 aromatic heterocycles. The molecule has 5 heteroatoms. The Balaban J connectivity index is 1.53. The van der Waals surface area contributed by atoms with Crippen LogP contribution in [0, 0.1) is 0 Å². The van der Waals surface area contributed by atoms with Crippen LogP contribution in [0.1, 0.15) is 37.3 Å². The van der Waals surface area contributed by atoms with Crippen LogP contribution in [0.4, 0.5) is 5.69 Å². The number of aromatic nitrogens is 1. The maximum atomic E-state index is 6.18. The Morgan fingerprint density at radius 1 is 1.17 bits per heavy atom. The van der Waals surface area contributed by atoms with Crippen LogP contribution in [-0.2, 0) is 6.54 Å². The molecule has 1 aliphatic heterocycles. The standard InChI is InChI=1S/C25H28ClN3S/c1-17(2)22-5-3-4-6-23(22)18-7-9-24(19(13-18)14-27)29-12-11-21(16-29)30-25-10-8-20(26)15-28-25/h3-10,13,15,17,21H,11-12,14,16,27H2,1-2H3/t21-/m0/s1. The van der Waals surface area contributed by atoms with Gasteiger partial charge in [0.25, 0.3) is 0 Å². The minimum Gasteiger partial charge on any atom is -0.370 e. The lowest BCUT2D eigenvalue weighted by molar-refractivity contribution is 0.869. The first-order valence-corrected chi connectivity index (χ1v) is 11.8. The van der Waals surface area contributed by atoms with Crippen molar-refractivity contribution in [2.75, 3.05) is 18.0 Å². The molecule has 3 aromatic rings. The van der Waals surface area contributed by atoms with Crippen LogP contribution in [0.3, 0.4) is 0 Å². The smallest absolute Gasteiger partial charge is 0.0964 e. The summed E-state index contributed by atoms with van der Waals surface area (Å²) < 4.78 is 0. The Labute approximate surface area is 188 Å². The third-order valence-corrected chi connectivity index (χ3v) is 7.09. The highest BCUT2D eigenvalue weighted by atomic mass is 35.5. The molecule has 2 heterocycles. The second-order valence-corrected chi connectivity index (χ2v) is 9.84. The van der Waals surface area contributed by atoms with Gasteiger partial charge in [0, 0.05) is 36.8 Å². The van der Waals surface area contributed by atoms with E-state index in [1.165, 1.54) is 27.9 Å². The molecule has 0 bridgehead atoms. The zero-order valence-corrected chi connectivity index (χ0v) is 19.1. The van der Waals surface area contributed by atoms with Crippen LogP contribution in [0.25, 0.3) is 11.1 Å². The van der Waals surface area contributed by atoms with Crippen molar-refractivity contribution in [1.29, 1.82) is 0 Å². The first-order chi connectivity index (χ1) is 14.5. The van der Waals surface area contributed by atoms with Gasteiger partial charge in [0.05, 0.1) is 10.0 Å². The van der Waals surface area contributed by atoms with E-state index in [1.54, 1.807) is 6.20 Å². The van der Waals surface area contributed by atoms with Crippen molar-refractivity contribution in [1.82, 2.24) is 4.98 Å². The predicted molar refractivity (Wildman–Crippen MR) is 130 cm³/mol. The fraction of sp³-hybridized carbons (Fsp3) is 0.320. The average molecular weight is 438 g/mol. The number of halogens is 1. The lowest BCUT2D eigenvalue weighted by atomic mass is 9.91. The zero-order valence-electron chi connectivity index (χ0n) is 17.5. The van der Waals surface area contributed by atoms with E-state index in [0.717, 1.165) is 24.5 Å². The Morgan fingerprint density at radius 2 is 2.00 bits per heavy atom. The second kappa shape index (κ2) is 9.42. The minimum absolute atomic E-state index is 0.486. The van der Waals surface area contributed by atoms with Gasteiger partial charge in [-0.1, -0.05) is 55.8 Å². The minimum atomic E-state index is 0.486. The van der Waals surface area contributed by atoms with E-state index in [9.17, 15) is 0 Å². The summed E-state index contributed by atoms with van der Waals surface area (Å²) in [5.74, 6) is 0.486. The summed E-state index contributed by atoms with van der Waals surface area (Å²) in [5.41, 5.74) is 12.6.